The first-order chi connectivity index (χ1) is 7.58. The van der Waals surface area contributed by atoms with Crippen LogP contribution in [0.2, 0.25) is 0 Å². The minimum atomic E-state index is -0.383. The van der Waals surface area contributed by atoms with Gasteiger partial charge in [-0.2, -0.15) is 0 Å². The Labute approximate surface area is 94.9 Å². The zero-order chi connectivity index (χ0) is 11.7. The number of β-amino-alcohol motifs (C(OH)–C–C–N with tert-alkyl or cyclic N) is 1. The van der Waals surface area contributed by atoms with Crippen LogP contribution < -0.4 is 0 Å². The molecular weight excluding hydrogens is 206 g/mol. The van der Waals surface area contributed by atoms with Crippen molar-refractivity contribution < 1.29 is 14.3 Å². The van der Waals surface area contributed by atoms with Crippen LogP contribution in [0.25, 0.3) is 0 Å². The zero-order valence-corrected chi connectivity index (χ0v) is 9.69. The number of rotatable bonds is 1. The van der Waals surface area contributed by atoms with E-state index in [9.17, 15) is 9.90 Å². The van der Waals surface area contributed by atoms with Crippen LogP contribution in [0.3, 0.4) is 0 Å². The second-order valence-corrected chi connectivity index (χ2v) is 4.37. The number of carbonyl (C=O) groups is 1. The minimum Gasteiger partial charge on any atom is -0.466 e. The average molecular weight is 223 g/mol. The molecule has 2 rings (SSSR count). The number of amides is 1. The Bertz CT molecular complexity index is 397. The van der Waals surface area contributed by atoms with Gasteiger partial charge in [-0.25, -0.2) is 0 Å². The molecule has 1 N–H and O–H groups in total. The van der Waals surface area contributed by atoms with Crippen LogP contribution in [-0.4, -0.2) is 35.1 Å². The number of hydrogen-bond donors (Lipinski definition) is 1. The van der Waals surface area contributed by atoms with Crippen LogP contribution in [0.1, 0.15) is 34.7 Å². The summed E-state index contributed by atoms with van der Waals surface area (Å²) >= 11 is 0. The Morgan fingerprint density at radius 1 is 1.56 bits per heavy atom. The normalized spacial score (nSPS) is 21.2. The molecule has 2 heterocycles. The highest BCUT2D eigenvalue weighted by Crippen LogP contribution is 2.18. The lowest BCUT2D eigenvalue weighted by Gasteiger charge is -2.29. The lowest BCUT2D eigenvalue weighted by Crippen LogP contribution is -2.42. The second kappa shape index (κ2) is 4.29. The quantitative estimate of drug-likeness (QED) is 0.784. The Morgan fingerprint density at radius 3 is 2.88 bits per heavy atom. The maximum atomic E-state index is 12.1. The zero-order valence-electron chi connectivity index (χ0n) is 9.69. The first-order valence-electron chi connectivity index (χ1n) is 5.62. The summed E-state index contributed by atoms with van der Waals surface area (Å²) in [5, 5.41) is 9.53. The van der Waals surface area contributed by atoms with E-state index in [-0.39, 0.29) is 12.0 Å². The van der Waals surface area contributed by atoms with E-state index >= 15 is 0 Å². The van der Waals surface area contributed by atoms with Gasteiger partial charge in [-0.3, -0.25) is 4.79 Å². The van der Waals surface area contributed by atoms with Gasteiger partial charge in [0.05, 0.1) is 11.7 Å². The average Bonchev–Trinajstić information content (AvgIpc) is 2.57. The van der Waals surface area contributed by atoms with Crippen molar-refractivity contribution in [3.05, 3.63) is 23.2 Å². The summed E-state index contributed by atoms with van der Waals surface area (Å²) in [6.45, 7) is 4.78. The van der Waals surface area contributed by atoms with E-state index in [1.54, 1.807) is 17.9 Å². The number of hydrogen-bond acceptors (Lipinski definition) is 3. The van der Waals surface area contributed by atoms with Gasteiger partial charge in [0.25, 0.3) is 5.91 Å². The third kappa shape index (κ3) is 2.11. The van der Waals surface area contributed by atoms with Crippen molar-refractivity contribution in [1.82, 2.24) is 4.90 Å². The maximum Gasteiger partial charge on any atom is 0.257 e. The molecule has 0 spiro atoms. The highest BCUT2D eigenvalue weighted by atomic mass is 16.3. The topological polar surface area (TPSA) is 53.7 Å². The molecule has 1 atom stereocenters. The molecule has 0 bridgehead atoms. The molecule has 0 saturated carbocycles. The fourth-order valence-electron chi connectivity index (χ4n) is 2.15. The van der Waals surface area contributed by atoms with Gasteiger partial charge in [0, 0.05) is 13.1 Å². The Balaban J connectivity index is 2.15. The molecule has 0 radical (unpaired) electrons. The summed E-state index contributed by atoms with van der Waals surface area (Å²) in [5.74, 6) is 1.37. The number of aliphatic hydroxyl groups is 1. The predicted octanol–water partition coefficient (Wildman–Crippen LogP) is 1.49. The number of furan rings is 1. The molecule has 4 nitrogen and oxygen atoms in total. The van der Waals surface area contributed by atoms with Crippen molar-refractivity contribution in [2.75, 3.05) is 13.1 Å². The largest absolute Gasteiger partial charge is 0.466 e. The summed E-state index contributed by atoms with van der Waals surface area (Å²) in [6.07, 6.45) is 1.27. The monoisotopic (exact) mass is 223 g/mol. The molecule has 16 heavy (non-hydrogen) atoms. The van der Waals surface area contributed by atoms with Crippen LogP contribution in [-0.2, 0) is 0 Å². The molecule has 1 saturated heterocycles. The molecule has 1 fully saturated rings. The molecule has 1 amide bonds. The van der Waals surface area contributed by atoms with Crippen molar-refractivity contribution in [2.24, 2.45) is 0 Å². The maximum absolute atomic E-state index is 12.1. The molecule has 1 aliphatic heterocycles. The highest BCUT2D eigenvalue weighted by molar-refractivity contribution is 5.95. The number of nitrogens with zero attached hydrogens (tertiary/aromatic N) is 1. The van der Waals surface area contributed by atoms with Gasteiger partial charge < -0.3 is 14.4 Å². The number of carbonyl (C=O) groups excluding carboxylic acids is 1. The summed E-state index contributed by atoms with van der Waals surface area (Å²) < 4.78 is 5.34. The number of aryl methyl sites for hydroxylation is 2. The third-order valence-electron chi connectivity index (χ3n) is 2.96. The molecule has 1 aromatic rings. The summed E-state index contributed by atoms with van der Waals surface area (Å²) in [5.41, 5.74) is 0.617. The molecule has 0 aliphatic carbocycles. The lowest BCUT2D eigenvalue weighted by atomic mass is 10.1. The van der Waals surface area contributed by atoms with E-state index in [1.165, 1.54) is 0 Å². The summed E-state index contributed by atoms with van der Waals surface area (Å²) in [6, 6.07) is 1.76. The Hall–Kier alpha value is -1.29. The smallest absolute Gasteiger partial charge is 0.257 e. The highest BCUT2D eigenvalue weighted by Gasteiger charge is 2.25. The second-order valence-electron chi connectivity index (χ2n) is 4.37. The Morgan fingerprint density at radius 2 is 2.31 bits per heavy atom. The van der Waals surface area contributed by atoms with Crippen LogP contribution in [0.5, 0.6) is 0 Å². The molecule has 1 unspecified atom stereocenters. The lowest BCUT2D eigenvalue weighted by molar-refractivity contribution is 0.0472. The minimum absolute atomic E-state index is 0.0342. The van der Waals surface area contributed by atoms with Gasteiger partial charge in [-0.1, -0.05) is 0 Å². The summed E-state index contributed by atoms with van der Waals surface area (Å²) in [7, 11) is 0. The third-order valence-corrected chi connectivity index (χ3v) is 2.96. The standard InChI is InChI=1S/C12H17NO3/c1-8-6-11(9(2)16-8)12(15)13-5-3-4-10(14)7-13/h6,10,14H,3-5,7H2,1-2H3. The molecular formula is C12H17NO3. The van der Waals surface area contributed by atoms with E-state index in [0.717, 1.165) is 25.1 Å². The molecule has 4 heteroatoms. The van der Waals surface area contributed by atoms with E-state index in [1.807, 2.05) is 6.92 Å². The van der Waals surface area contributed by atoms with E-state index in [0.29, 0.717) is 17.9 Å². The molecule has 1 aliphatic rings. The molecule has 88 valence electrons. The van der Waals surface area contributed by atoms with Crippen molar-refractivity contribution >= 4 is 5.91 Å². The van der Waals surface area contributed by atoms with Crippen molar-refractivity contribution in [1.29, 1.82) is 0 Å². The van der Waals surface area contributed by atoms with Crippen LogP contribution >= 0.6 is 0 Å². The van der Waals surface area contributed by atoms with Crippen molar-refractivity contribution in [3.8, 4) is 0 Å². The molecule has 0 aromatic carbocycles. The van der Waals surface area contributed by atoms with Gasteiger partial charge in [0.15, 0.2) is 0 Å². The van der Waals surface area contributed by atoms with E-state index in [2.05, 4.69) is 0 Å². The van der Waals surface area contributed by atoms with Gasteiger partial charge in [-0.05, 0) is 32.8 Å². The summed E-state index contributed by atoms with van der Waals surface area (Å²) in [4.78, 5) is 13.8. The first kappa shape index (κ1) is 11.2. The van der Waals surface area contributed by atoms with Gasteiger partial charge >= 0.3 is 0 Å². The van der Waals surface area contributed by atoms with Gasteiger partial charge in [-0.15, -0.1) is 0 Å². The fourth-order valence-corrected chi connectivity index (χ4v) is 2.15. The number of aliphatic hydroxyl groups excluding tert-OH is 1. The van der Waals surface area contributed by atoms with E-state index in [4.69, 9.17) is 4.42 Å². The van der Waals surface area contributed by atoms with Crippen LogP contribution in [0.4, 0.5) is 0 Å². The Kier molecular flexibility index (Phi) is 3.01. The van der Waals surface area contributed by atoms with Crippen LogP contribution in [0.15, 0.2) is 10.5 Å². The number of piperidine rings is 1. The first-order valence-corrected chi connectivity index (χ1v) is 5.62. The van der Waals surface area contributed by atoms with E-state index < -0.39 is 0 Å². The number of likely N-dealkylation sites (tertiary alicyclic amines) is 1. The van der Waals surface area contributed by atoms with Crippen LogP contribution in [0, 0.1) is 13.8 Å². The van der Waals surface area contributed by atoms with Crippen molar-refractivity contribution in [3.63, 3.8) is 0 Å². The fraction of sp³-hybridized carbons (Fsp3) is 0.583. The van der Waals surface area contributed by atoms with Crippen molar-refractivity contribution in [2.45, 2.75) is 32.8 Å². The predicted molar refractivity (Wildman–Crippen MR) is 59.3 cm³/mol. The van der Waals surface area contributed by atoms with Gasteiger partial charge in [0.1, 0.15) is 11.5 Å². The van der Waals surface area contributed by atoms with Gasteiger partial charge in [0.2, 0.25) is 0 Å². The molecule has 1 aromatic heterocycles. The SMILES string of the molecule is Cc1cc(C(=O)N2CCCC(O)C2)c(C)o1.